The average molecular weight is 258 g/mol. The van der Waals surface area contributed by atoms with Crippen LogP contribution in [0.1, 0.15) is 38.5 Å². The summed E-state index contributed by atoms with van der Waals surface area (Å²) in [5.41, 5.74) is 1.61. The van der Waals surface area contributed by atoms with Gasteiger partial charge in [0.2, 0.25) is 11.8 Å². The molecule has 0 bridgehead atoms. The molecule has 0 aromatic heterocycles. The second kappa shape index (κ2) is 5.03. The second-order valence-corrected chi connectivity index (χ2v) is 5.30. The Bertz CT molecular complexity index is 507. The summed E-state index contributed by atoms with van der Waals surface area (Å²) in [6.45, 7) is 0. The second-order valence-electron chi connectivity index (χ2n) is 5.30. The van der Waals surface area contributed by atoms with Gasteiger partial charge < -0.3 is 10.2 Å². The molecule has 3 rings (SSSR count). The lowest BCUT2D eigenvalue weighted by Gasteiger charge is -2.34. The number of amides is 2. The minimum atomic E-state index is -0.212. The number of para-hydroxylation sites is 2. The van der Waals surface area contributed by atoms with Crippen molar-refractivity contribution in [1.82, 2.24) is 0 Å². The molecule has 1 aromatic rings. The first-order chi connectivity index (χ1) is 9.25. The van der Waals surface area contributed by atoms with Gasteiger partial charge in [-0.1, -0.05) is 31.4 Å². The molecule has 1 heterocycles. The Morgan fingerprint density at radius 1 is 1.05 bits per heavy atom. The van der Waals surface area contributed by atoms with E-state index in [4.69, 9.17) is 0 Å². The van der Waals surface area contributed by atoms with E-state index in [9.17, 15) is 9.59 Å². The minimum absolute atomic E-state index is 0.0504. The van der Waals surface area contributed by atoms with Gasteiger partial charge in [0, 0.05) is 6.04 Å². The summed E-state index contributed by atoms with van der Waals surface area (Å²) in [7, 11) is 0. The first-order valence-electron chi connectivity index (χ1n) is 6.96. The number of anilines is 2. The molecule has 1 saturated carbocycles. The number of hydrogen-bond donors (Lipinski definition) is 1. The summed E-state index contributed by atoms with van der Waals surface area (Å²) in [5.74, 6) is -0.287. The van der Waals surface area contributed by atoms with Crippen LogP contribution in [0.4, 0.5) is 11.4 Å². The molecule has 100 valence electrons. The van der Waals surface area contributed by atoms with Crippen molar-refractivity contribution in [2.24, 2.45) is 0 Å². The molecular weight excluding hydrogens is 240 g/mol. The van der Waals surface area contributed by atoms with Crippen LogP contribution in [0.2, 0.25) is 0 Å². The molecule has 1 N–H and O–H groups in total. The highest BCUT2D eigenvalue weighted by molar-refractivity contribution is 6.14. The van der Waals surface area contributed by atoms with Crippen LogP contribution in [0, 0.1) is 0 Å². The monoisotopic (exact) mass is 258 g/mol. The number of hydrogen-bond acceptors (Lipinski definition) is 2. The summed E-state index contributed by atoms with van der Waals surface area (Å²) >= 11 is 0. The molecular formula is C15H18N2O2. The van der Waals surface area contributed by atoms with E-state index in [-0.39, 0.29) is 24.3 Å². The Balaban J connectivity index is 2.00. The van der Waals surface area contributed by atoms with Crippen LogP contribution in [0.3, 0.4) is 0 Å². The number of carbonyl (C=O) groups is 2. The van der Waals surface area contributed by atoms with Gasteiger partial charge in [-0.05, 0) is 25.0 Å². The van der Waals surface area contributed by atoms with E-state index in [0.29, 0.717) is 0 Å². The lowest BCUT2D eigenvalue weighted by atomic mass is 9.93. The third-order valence-electron chi connectivity index (χ3n) is 3.96. The van der Waals surface area contributed by atoms with Crippen LogP contribution in [0.25, 0.3) is 0 Å². The fourth-order valence-electron chi connectivity index (χ4n) is 3.08. The van der Waals surface area contributed by atoms with Crippen LogP contribution in [-0.4, -0.2) is 17.9 Å². The molecule has 1 aliphatic carbocycles. The van der Waals surface area contributed by atoms with Crippen LogP contribution >= 0.6 is 0 Å². The van der Waals surface area contributed by atoms with Gasteiger partial charge in [0.1, 0.15) is 6.42 Å². The fraction of sp³-hybridized carbons (Fsp3) is 0.467. The maximum absolute atomic E-state index is 12.4. The Morgan fingerprint density at radius 2 is 1.79 bits per heavy atom. The Morgan fingerprint density at radius 3 is 2.58 bits per heavy atom. The third kappa shape index (κ3) is 2.35. The van der Waals surface area contributed by atoms with Gasteiger partial charge in [0.15, 0.2) is 0 Å². The van der Waals surface area contributed by atoms with Crippen LogP contribution < -0.4 is 10.2 Å². The van der Waals surface area contributed by atoms with Gasteiger partial charge in [0.25, 0.3) is 0 Å². The number of fused-ring (bicyclic) bond motifs is 1. The molecule has 1 fully saturated rings. The van der Waals surface area contributed by atoms with E-state index in [1.54, 1.807) is 0 Å². The quantitative estimate of drug-likeness (QED) is 0.787. The van der Waals surface area contributed by atoms with Gasteiger partial charge in [-0.3, -0.25) is 9.59 Å². The molecule has 1 aromatic carbocycles. The molecule has 0 unspecified atom stereocenters. The van der Waals surface area contributed by atoms with Crippen LogP contribution in [-0.2, 0) is 9.59 Å². The van der Waals surface area contributed by atoms with Crippen molar-refractivity contribution in [2.75, 3.05) is 10.2 Å². The highest BCUT2D eigenvalue weighted by Gasteiger charge is 2.31. The lowest BCUT2D eigenvalue weighted by molar-refractivity contribution is -0.125. The molecule has 0 saturated heterocycles. The summed E-state index contributed by atoms with van der Waals surface area (Å²) in [6.07, 6.45) is 5.60. The van der Waals surface area contributed by atoms with Gasteiger partial charge in [0.05, 0.1) is 11.4 Å². The van der Waals surface area contributed by atoms with E-state index >= 15 is 0 Å². The standard InChI is InChI=1S/C15H18N2O2/c18-14-10-15(19)17(11-6-2-1-3-7-11)13-9-5-4-8-12(13)16-14/h4-5,8-9,11H,1-3,6-7,10H2,(H,16,18). The molecule has 1 aliphatic heterocycles. The molecule has 19 heavy (non-hydrogen) atoms. The highest BCUT2D eigenvalue weighted by Crippen LogP contribution is 2.34. The van der Waals surface area contributed by atoms with Gasteiger partial charge in [-0.15, -0.1) is 0 Å². The van der Waals surface area contributed by atoms with Crippen molar-refractivity contribution in [3.8, 4) is 0 Å². The molecule has 4 heteroatoms. The zero-order chi connectivity index (χ0) is 13.2. The first-order valence-corrected chi connectivity index (χ1v) is 6.96. The van der Waals surface area contributed by atoms with Crippen molar-refractivity contribution in [3.63, 3.8) is 0 Å². The van der Waals surface area contributed by atoms with Crippen molar-refractivity contribution >= 4 is 23.2 Å². The van der Waals surface area contributed by atoms with Crippen molar-refractivity contribution in [1.29, 1.82) is 0 Å². The van der Waals surface area contributed by atoms with E-state index in [2.05, 4.69) is 5.32 Å². The summed E-state index contributed by atoms with van der Waals surface area (Å²) < 4.78 is 0. The predicted octanol–water partition coefficient (Wildman–Crippen LogP) is 2.69. The molecule has 2 aliphatic rings. The van der Waals surface area contributed by atoms with Gasteiger partial charge in [-0.2, -0.15) is 0 Å². The Kier molecular flexibility index (Phi) is 3.23. The van der Waals surface area contributed by atoms with Gasteiger partial charge >= 0.3 is 0 Å². The van der Waals surface area contributed by atoms with E-state index in [1.807, 2.05) is 29.2 Å². The largest absolute Gasteiger partial charge is 0.324 e. The summed E-state index contributed by atoms with van der Waals surface area (Å²) in [6, 6.07) is 7.83. The SMILES string of the molecule is O=C1CC(=O)N(C2CCCCC2)c2ccccc2N1. The number of carbonyl (C=O) groups excluding carboxylic acids is 2. The number of nitrogens with zero attached hydrogens (tertiary/aromatic N) is 1. The summed E-state index contributed by atoms with van der Waals surface area (Å²) in [5, 5.41) is 2.82. The van der Waals surface area contributed by atoms with Crippen molar-refractivity contribution in [2.45, 2.75) is 44.6 Å². The normalized spacial score (nSPS) is 20.7. The summed E-state index contributed by atoms with van der Waals surface area (Å²) in [4.78, 5) is 25.9. The van der Waals surface area contributed by atoms with Crippen molar-refractivity contribution in [3.05, 3.63) is 24.3 Å². The maximum atomic E-state index is 12.4. The lowest BCUT2D eigenvalue weighted by Crippen LogP contribution is -2.41. The minimum Gasteiger partial charge on any atom is -0.324 e. The topological polar surface area (TPSA) is 49.4 Å². The molecule has 0 spiro atoms. The van der Waals surface area contributed by atoms with Crippen LogP contribution in [0.15, 0.2) is 24.3 Å². The van der Waals surface area contributed by atoms with Crippen LogP contribution in [0.5, 0.6) is 0 Å². The zero-order valence-electron chi connectivity index (χ0n) is 10.9. The number of rotatable bonds is 1. The molecule has 0 radical (unpaired) electrons. The predicted molar refractivity (Wildman–Crippen MR) is 74.0 cm³/mol. The van der Waals surface area contributed by atoms with E-state index in [0.717, 1.165) is 37.1 Å². The zero-order valence-corrected chi connectivity index (χ0v) is 10.9. The highest BCUT2D eigenvalue weighted by atomic mass is 16.2. The number of benzene rings is 1. The molecule has 0 atom stereocenters. The molecule has 4 nitrogen and oxygen atoms in total. The third-order valence-corrected chi connectivity index (χ3v) is 3.96. The van der Waals surface area contributed by atoms with E-state index < -0.39 is 0 Å². The maximum Gasteiger partial charge on any atom is 0.236 e. The Hall–Kier alpha value is -1.84. The van der Waals surface area contributed by atoms with Gasteiger partial charge in [-0.25, -0.2) is 0 Å². The smallest absolute Gasteiger partial charge is 0.236 e. The Labute approximate surface area is 112 Å². The first kappa shape index (κ1) is 12.2. The van der Waals surface area contributed by atoms with Crippen molar-refractivity contribution < 1.29 is 9.59 Å². The number of nitrogens with one attached hydrogen (secondary N) is 1. The fourth-order valence-corrected chi connectivity index (χ4v) is 3.08. The molecule has 2 amide bonds. The average Bonchev–Trinajstić information content (AvgIpc) is 2.54. The van der Waals surface area contributed by atoms with E-state index in [1.165, 1.54) is 6.42 Å².